The molecule has 0 radical (unpaired) electrons. The van der Waals surface area contributed by atoms with Crippen molar-refractivity contribution in [2.45, 2.75) is 6.10 Å². The number of hydrogen-bond donors (Lipinski definition) is 1. The lowest BCUT2D eigenvalue weighted by molar-refractivity contribution is -0.149. The highest BCUT2D eigenvalue weighted by atomic mass is 16.5. The van der Waals surface area contributed by atoms with Crippen molar-refractivity contribution in [2.75, 3.05) is 28.4 Å². The Labute approximate surface area is 105 Å². The minimum atomic E-state index is -1.13. The molecule has 1 aromatic rings. The van der Waals surface area contributed by atoms with E-state index < -0.39 is 12.1 Å². The van der Waals surface area contributed by atoms with Crippen LogP contribution >= 0.6 is 0 Å². The monoisotopic (exact) mass is 256 g/mol. The van der Waals surface area contributed by atoms with E-state index in [1.807, 2.05) is 0 Å². The number of rotatable bonds is 6. The number of benzene rings is 1. The number of carbonyl (C=O) groups is 1. The Balaban J connectivity index is 3.40. The molecule has 6 nitrogen and oxygen atoms in total. The van der Waals surface area contributed by atoms with Crippen LogP contribution in [0.5, 0.6) is 17.2 Å². The summed E-state index contributed by atoms with van der Waals surface area (Å²) < 4.78 is 20.4. The molecule has 0 heterocycles. The van der Waals surface area contributed by atoms with Gasteiger partial charge >= 0.3 is 5.97 Å². The number of aliphatic carboxylic acids is 1. The first-order valence-corrected chi connectivity index (χ1v) is 5.15. The molecular weight excluding hydrogens is 240 g/mol. The van der Waals surface area contributed by atoms with Gasteiger partial charge in [0.2, 0.25) is 5.75 Å². The summed E-state index contributed by atoms with van der Waals surface area (Å²) >= 11 is 0. The van der Waals surface area contributed by atoms with Crippen molar-refractivity contribution in [3.63, 3.8) is 0 Å². The Hall–Kier alpha value is -1.95. The lowest BCUT2D eigenvalue weighted by Gasteiger charge is -2.18. The highest BCUT2D eigenvalue weighted by Crippen LogP contribution is 2.42. The zero-order valence-corrected chi connectivity index (χ0v) is 10.7. The van der Waals surface area contributed by atoms with Crippen molar-refractivity contribution >= 4 is 5.97 Å². The van der Waals surface area contributed by atoms with Gasteiger partial charge in [-0.15, -0.1) is 0 Å². The summed E-state index contributed by atoms with van der Waals surface area (Å²) in [6, 6.07) is 3.17. The first-order valence-electron chi connectivity index (χ1n) is 5.15. The van der Waals surface area contributed by atoms with Gasteiger partial charge in [-0.3, -0.25) is 0 Å². The van der Waals surface area contributed by atoms with E-state index in [1.165, 1.54) is 28.4 Å². The van der Waals surface area contributed by atoms with Crippen LogP contribution in [0.2, 0.25) is 0 Å². The lowest BCUT2D eigenvalue weighted by atomic mass is 10.1. The Bertz CT molecular complexity index is 429. The Kier molecular flexibility index (Phi) is 4.79. The van der Waals surface area contributed by atoms with Crippen molar-refractivity contribution < 1.29 is 28.8 Å². The fourth-order valence-electron chi connectivity index (χ4n) is 1.69. The standard InChI is InChI=1S/C12H16O6/c1-15-8-6-5-7(10(17-3)12(13)14)9(16-2)11(8)18-4/h5-6,10H,1-4H3,(H,13,14). The Morgan fingerprint density at radius 1 is 1.06 bits per heavy atom. The number of hydrogen-bond acceptors (Lipinski definition) is 5. The van der Waals surface area contributed by atoms with Crippen LogP contribution in [0, 0.1) is 0 Å². The number of methoxy groups -OCH3 is 4. The van der Waals surface area contributed by atoms with E-state index in [0.29, 0.717) is 17.1 Å². The van der Waals surface area contributed by atoms with Crippen LogP contribution < -0.4 is 14.2 Å². The number of ether oxygens (including phenoxy) is 4. The van der Waals surface area contributed by atoms with Crippen molar-refractivity contribution in [3.05, 3.63) is 17.7 Å². The van der Waals surface area contributed by atoms with Crippen molar-refractivity contribution in [1.29, 1.82) is 0 Å². The lowest BCUT2D eigenvalue weighted by Crippen LogP contribution is -2.15. The summed E-state index contributed by atoms with van der Waals surface area (Å²) in [5.74, 6) is -0.0340. The van der Waals surface area contributed by atoms with Crippen molar-refractivity contribution in [3.8, 4) is 17.2 Å². The molecule has 0 amide bonds. The molecule has 1 N–H and O–H groups in total. The molecule has 0 fully saturated rings. The molecule has 0 aliphatic heterocycles. The summed E-state index contributed by atoms with van der Waals surface area (Å²) in [5.41, 5.74) is 0.366. The number of carboxylic acid groups (broad SMARTS) is 1. The molecule has 0 saturated heterocycles. The van der Waals surface area contributed by atoms with Gasteiger partial charge in [0, 0.05) is 12.7 Å². The molecule has 6 heteroatoms. The third-order valence-electron chi connectivity index (χ3n) is 2.48. The molecule has 100 valence electrons. The van der Waals surface area contributed by atoms with Crippen LogP contribution in [0.25, 0.3) is 0 Å². The SMILES string of the molecule is COc1ccc(C(OC)C(=O)O)c(OC)c1OC. The van der Waals surface area contributed by atoms with Crippen LogP contribution in [0.15, 0.2) is 12.1 Å². The topological polar surface area (TPSA) is 74.2 Å². The molecule has 1 atom stereocenters. The summed E-state index contributed by atoms with van der Waals surface area (Å²) in [6.07, 6.45) is -1.13. The first kappa shape index (κ1) is 14.1. The fourth-order valence-corrected chi connectivity index (χ4v) is 1.69. The van der Waals surface area contributed by atoms with Gasteiger partial charge in [-0.1, -0.05) is 0 Å². The minimum Gasteiger partial charge on any atom is -0.493 e. The maximum Gasteiger partial charge on any atom is 0.337 e. The van der Waals surface area contributed by atoms with Gasteiger partial charge in [0.05, 0.1) is 21.3 Å². The van der Waals surface area contributed by atoms with E-state index in [4.69, 9.17) is 24.1 Å². The third-order valence-corrected chi connectivity index (χ3v) is 2.48. The summed E-state index contributed by atoms with van der Waals surface area (Å²) in [7, 11) is 5.68. The molecule has 0 aliphatic carbocycles. The highest BCUT2D eigenvalue weighted by Gasteiger charge is 2.26. The average Bonchev–Trinajstić information content (AvgIpc) is 2.38. The predicted octanol–water partition coefficient (Wildman–Crippen LogP) is 1.48. The molecular formula is C12H16O6. The van der Waals surface area contributed by atoms with E-state index in [2.05, 4.69) is 0 Å². The van der Waals surface area contributed by atoms with E-state index >= 15 is 0 Å². The fraction of sp³-hybridized carbons (Fsp3) is 0.417. The Morgan fingerprint density at radius 2 is 1.67 bits per heavy atom. The van der Waals surface area contributed by atoms with Gasteiger partial charge in [-0.05, 0) is 12.1 Å². The predicted molar refractivity (Wildman–Crippen MR) is 63.5 cm³/mol. The van der Waals surface area contributed by atoms with Gasteiger partial charge in [-0.25, -0.2) is 4.79 Å². The van der Waals surface area contributed by atoms with Crippen LogP contribution in [0.1, 0.15) is 11.7 Å². The van der Waals surface area contributed by atoms with Crippen molar-refractivity contribution in [2.24, 2.45) is 0 Å². The van der Waals surface area contributed by atoms with Gasteiger partial charge in [0.15, 0.2) is 17.6 Å². The summed E-state index contributed by atoms with van der Waals surface area (Å²) in [4.78, 5) is 11.1. The van der Waals surface area contributed by atoms with E-state index in [9.17, 15) is 4.79 Å². The normalized spacial score (nSPS) is 11.8. The second-order valence-corrected chi connectivity index (χ2v) is 3.38. The molecule has 0 saturated carbocycles. The zero-order valence-electron chi connectivity index (χ0n) is 10.7. The van der Waals surface area contributed by atoms with Crippen LogP contribution in [0.3, 0.4) is 0 Å². The molecule has 0 bridgehead atoms. The maximum absolute atomic E-state index is 11.1. The maximum atomic E-state index is 11.1. The largest absolute Gasteiger partial charge is 0.493 e. The molecule has 0 aromatic heterocycles. The molecule has 1 aromatic carbocycles. The van der Waals surface area contributed by atoms with Crippen LogP contribution in [0.4, 0.5) is 0 Å². The third kappa shape index (κ3) is 2.48. The molecule has 0 spiro atoms. The van der Waals surface area contributed by atoms with E-state index in [1.54, 1.807) is 12.1 Å². The van der Waals surface area contributed by atoms with Crippen LogP contribution in [-0.2, 0) is 9.53 Å². The second kappa shape index (κ2) is 6.11. The zero-order chi connectivity index (χ0) is 13.7. The molecule has 1 unspecified atom stereocenters. The minimum absolute atomic E-state index is 0.283. The summed E-state index contributed by atoms with van der Waals surface area (Å²) in [5, 5.41) is 9.08. The van der Waals surface area contributed by atoms with Gasteiger partial charge in [0.1, 0.15) is 0 Å². The highest BCUT2D eigenvalue weighted by molar-refractivity contribution is 5.77. The first-order chi connectivity index (χ1) is 8.60. The number of carboxylic acids is 1. The summed E-state index contributed by atoms with van der Waals surface area (Å²) in [6.45, 7) is 0. The van der Waals surface area contributed by atoms with Crippen molar-refractivity contribution in [1.82, 2.24) is 0 Å². The van der Waals surface area contributed by atoms with E-state index in [0.717, 1.165) is 0 Å². The van der Waals surface area contributed by atoms with E-state index in [-0.39, 0.29) is 5.75 Å². The van der Waals surface area contributed by atoms with Gasteiger partial charge in [0.25, 0.3) is 0 Å². The second-order valence-electron chi connectivity index (χ2n) is 3.38. The molecule has 18 heavy (non-hydrogen) atoms. The average molecular weight is 256 g/mol. The molecule has 0 aliphatic rings. The van der Waals surface area contributed by atoms with Gasteiger partial charge in [-0.2, -0.15) is 0 Å². The quantitative estimate of drug-likeness (QED) is 0.831. The van der Waals surface area contributed by atoms with Crippen LogP contribution in [-0.4, -0.2) is 39.5 Å². The smallest absolute Gasteiger partial charge is 0.337 e. The molecule has 1 rings (SSSR count). The Morgan fingerprint density at radius 3 is 2.06 bits per heavy atom. The van der Waals surface area contributed by atoms with Gasteiger partial charge < -0.3 is 24.1 Å².